The fourth-order valence-electron chi connectivity index (χ4n) is 2.21. The molecule has 3 nitrogen and oxygen atoms in total. The third-order valence-corrected chi connectivity index (χ3v) is 3.27. The van der Waals surface area contributed by atoms with Gasteiger partial charge >= 0.3 is 0 Å². The van der Waals surface area contributed by atoms with Crippen molar-refractivity contribution in [2.75, 3.05) is 26.2 Å². The molecule has 0 radical (unpaired) electrons. The summed E-state index contributed by atoms with van der Waals surface area (Å²) in [5, 5.41) is 2.86. The minimum atomic E-state index is -0.320. The summed E-state index contributed by atoms with van der Waals surface area (Å²) >= 11 is 0. The average Bonchev–Trinajstić information content (AvgIpc) is 2.40. The first-order chi connectivity index (χ1) is 8.75. The standard InChI is InChI=1S/C14H19FN2O.ClH/c15-13-6-4-12(5-7-13)14(18)16-8-11-17-9-2-1-3-10-17;/h4-7H,1-3,8-11H2,(H,16,18);1H. The fraction of sp³-hybridized carbons (Fsp3) is 0.500. The van der Waals surface area contributed by atoms with Gasteiger partial charge in [-0.3, -0.25) is 4.79 Å². The van der Waals surface area contributed by atoms with E-state index in [2.05, 4.69) is 10.2 Å². The third kappa shape index (κ3) is 5.17. The Morgan fingerprint density at radius 3 is 2.42 bits per heavy atom. The number of rotatable bonds is 4. The molecule has 5 heteroatoms. The average molecular weight is 287 g/mol. The molecular weight excluding hydrogens is 267 g/mol. The molecule has 0 saturated carbocycles. The van der Waals surface area contributed by atoms with Crippen molar-refractivity contribution in [1.82, 2.24) is 10.2 Å². The number of nitrogens with zero attached hydrogens (tertiary/aromatic N) is 1. The summed E-state index contributed by atoms with van der Waals surface area (Å²) in [5.74, 6) is -0.452. The number of halogens is 2. The van der Waals surface area contributed by atoms with E-state index in [1.165, 1.54) is 43.5 Å². The maximum atomic E-state index is 12.7. The minimum Gasteiger partial charge on any atom is -0.351 e. The van der Waals surface area contributed by atoms with Crippen molar-refractivity contribution in [2.24, 2.45) is 0 Å². The summed E-state index contributed by atoms with van der Waals surface area (Å²) in [6.45, 7) is 3.81. The molecule has 0 atom stereocenters. The van der Waals surface area contributed by atoms with Gasteiger partial charge in [-0.2, -0.15) is 0 Å². The second-order valence-corrected chi connectivity index (χ2v) is 4.67. The quantitative estimate of drug-likeness (QED) is 0.922. The molecule has 106 valence electrons. The predicted molar refractivity (Wildman–Crippen MR) is 76.3 cm³/mol. The minimum absolute atomic E-state index is 0. The highest BCUT2D eigenvalue weighted by molar-refractivity contribution is 5.94. The third-order valence-electron chi connectivity index (χ3n) is 3.27. The van der Waals surface area contributed by atoms with Crippen molar-refractivity contribution in [1.29, 1.82) is 0 Å². The summed E-state index contributed by atoms with van der Waals surface area (Å²) < 4.78 is 12.7. The van der Waals surface area contributed by atoms with Gasteiger partial charge in [-0.1, -0.05) is 6.42 Å². The van der Waals surface area contributed by atoms with Crippen LogP contribution < -0.4 is 5.32 Å². The summed E-state index contributed by atoms with van der Waals surface area (Å²) in [6.07, 6.45) is 3.83. The van der Waals surface area contributed by atoms with E-state index < -0.39 is 0 Å². The van der Waals surface area contributed by atoms with Gasteiger partial charge in [0.15, 0.2) is 0 Å². The summed E-state index contributed by atoms with van der Waals surface area (Å²) in [5.41, 5.74) is 0.509. The maximum absolute atomic E-state index is 12.7. The smallest absolute Gasteiger partial charge is 0.251 e. The largest absolute Gasteiger partial charge is 0.351 e. The Morgan fingerprint density at radius 2 is 1.79 bits per heavy atom. The molecule has 1 amide bonds. The molecule has 0 aromatic heterocycles. The van der Waals surface area contributed by atoms with Gasteiger partial charge < -0.3 is 10.2 Å². The molecule has 1 aliphatic heterocycles. The molecule has 1 N–H and O–H groups in total. The number of likely N-dealkylation sites (tertiary alicyclic amines) is 1. The number of nitrogens with one attached hydrogen (secondary N) is 1. The fourth-order valence-corrected chi connectivity index (χ4v) is 2.21. The zero-order valence-electron chi connectivity index (χ0n) is 10.9. The highest BCUT2D eigenvalue weighted by atomic mass is 35.5. The number of hydrogen-bond donors (Lipinski definition) is 1. The number of carbonyl (C=O) groups is 1. The van der Waals surface area contributed by atoms with E-state index in [1.54, 1.807) is 0 Å². The van der Waals surface area contributed by atoms with Gasteiger partial charge in [-0.25, -0.2) is 4.39 Å². The molecule has 0 spiro atoms. The van der Waals surface area contributed by atoms with E-state index in [0.717, 1.165) is 19.6 Å². The first kappa shape index (κ1) is 15.9. The summed E-state index contributed by atoms with van der Waals surface area (Å²) in [7, 11) is 0. The number of benzene rings is 1. The van der Waals surface area contributed by atoms with Crippen LogP contribution in [0.3, 0.4) is 0 Å². The maximum Gasteiger partial charge on any atom is 0.251 e. The zero-order valence-corrected chi connectivity index (χ0v) is 11.7. The Balaban J connectivity index is 0.00000180. The van der Waals surface area contributed by atoms with Crippen LogP contribution in [0.15, 0.2) is 24.3 Å². The molecule has 0 unspecified atom stereocenters. The van der Waals surface area contributed by atoms with Crippen LogP contribution in [0.4, 0.5) is 4.39 Å². The summed E-state index contributed by atoms with van der Waals surface area (Å²) in [4.78, 5) is 14.1. The van der Waals surface area contributed by atoms with E-state index in [0.29, 0.717) is 12.1 Å². The molecule has 0 bridgehead atoms. The van der Waals surface area contributed by atoms with Crippen molar-refractivity contribution >= 4 is 18.3 Å². The summed E-state index contributed by atoms with van der Waals surface area (Å²) in [6, 6.07) is 5.62. The Hall–Kier alpha value is -1.13. The van der Waals surface area contributed by atoms with E-state index >= 15 is 0 Å². The lowest BCUT2D eigenvalue weighted by Gasteiger charge is -2.26. The van der Waals surface area contributed by atoms with Crippen molar-refractivity contribution < 1.29 is 9.18 Å². The lowest BCUT2D eigenvalue weighted by Crippen LogP contribution is -2.37. The van der Waals surface area contributed by atoms with Gasteiger partial charge in [0.1, 0.15) is 5.82 Å². The molecule has 19 heavy (non-hydrogen) atoms. The Bertz CT molecular complexity index is 391. The Kier molecular flexibility index (Phi) is 6.81. The van der Waals surface area contributed by atoms with Crippen LogP contribution in [-0.2, 0) is 0 Å². The molecule has 1 aromatic carbocycles. The second kappa shape index (κ2) is 8.12. The van der Waals surface area contributed by atoms with Crippen LogP contribution in [0.25, 0.3) is 0 Å². The first-order valence-electron chi connectivity index (χ1n) is 6.52. The van der Waals surface area contributed by atoms with Gasteiger partial charge in [0.2, 0.25) is 0 Å². The van der Waals surface area contributed by atoms with E-state index in [4.69, 9.17) is 0 Å². The van der Waals surface area contributed by atoms with Gasteiger partial charge in [-0.05, 0) is 50.2 Å². The number of carbonyl (C=O) groups excluding carboxylic acids is 1. The highest BCUT2D eigenvalue weighted by Gasteiger charge is 2.10. The van der Waals surface area contributed by atoms with Crippen LogP contribution in [0.2, 0.25) is 0 Å². The highest BCUT2D eigenvalue weighted by Crippen LogP contribution is 2.07. The zero-order chi connectivity index (χ0) is 12.8. The van der Waals surface area contributed by atoms with Gasteiger partial charge in [0.05, 0.1) is 0 Å². The van der Waals surface area contributed by atoms with Gasteiger partial charge in [0, 0.05) is 18.7 Å². The molecule has 1 saturated heterocycles. The second-order valence-electron chi connectivity index (χ2n) is 4.67. The molecule has 1 aromatic rings. The predicted octanol–water partition coefficient (Wildman–Crippen LogP) is 2.46. The molecular formula is C14H20ClFN2O. The number of amides is 1. The lowest BCUT2D eigenvalue weighted by atomic mass is 10.1. The van der Waals surface area contributed by atoms with E-state index in [-0.39, 0.29) is 24.1 Å². The Labute approximate surface area is 119 Å². The van der Waals surface area contributed by atoms with Gasteiger partial charge in [-0.15, -0.1) is 12.4 Å². The Morgan fingerprint density at radius 1 is 1.16 bits per heavy atom. The number of hydrogen-bond acceptors (Lipinski definition) is 2. The first-order valence-corrected chi connectivity index (χ1v) is 6.52. The molecule has 2 rings (SSSR count). The topological polar surface area (TPSA) is 32.3 Å². The number of piperidine rings is 1. The van der Waals surface area contributed by atoms with Crippen LogP contribution in [0.1, 0.15) is 29.6 Å². The van der Waals surface area contributed by atoms with Crippen molar-refractivity contribution in [3.63, 3.8) is 0 Å². The van der Waals surface area contributed by atoms with Crippen LogP contribution in [0.5, 0.6) is 0 Å². The van der Waals surface area contributed by atoms with Crippen molar-refractivity contribution in [3.05, 3.63) is 35.6 Å². The van der Waals surface area contributed by atoms with Crippen molar-refractivity contribution in [3.8, 4) is 0 Å². The molecule has 1 fully saturated rings. The molecule has 1 aliphatic rings. The van der Waals surface area contributed by atoms with E-state index in [9.17, 15) is 9.18 Å². The monoisotopic (exact) mass is 286 g/mol. The van der Waals surface area contributed by atoms with Crippen LogP contribution in [-0.4, -0.2) is 37.0 Å². The molecule has 1 heterocycles. The van der Waals surface area contributed by atoms with Crippen LogP contribution >= 0.6 is 12.4 Å². The molecule has 0 aliphatic carbocycles. The lowest BCUT2D eigenvalue weighted by molar-refractivity contribution is 0.0946. The van der Waals surface area contributed by atoms with Gasteiger partial charge in [0.25, 0.3) is 5.91 Å². The van der Waals surface area contributed by atoms with Crippen molar-refractivity contribution in [2.45, 2.75) is 19.3 Å². The normalized spacial score (nSPS) is 15.6. The SMILES string of the molecule is Cl.O=C(NCCN1CCCCC1)c1ccc(F)cc1. The van der Waals surface area contributed by atoms with Crippen LogP contribution in [0, 0.1) is 5.82 Å². The van der Waals surface area contributed by atoms with E-state index in [1.807, 2.05) is 0 Å².